The number of hydrogen-bond acceptors (Lipinski definition) is 3. The lowest BCUT2D eigenvalue weighted by atomic mass is 9.95. The first-order valence-electron chi connectivity index (χ1n) is 6.98. The molecule has 1 aliphatic rings. The van der Waals surface area contributed by atoms with Crippen LogP contribution >= 0.6 is 0 Å². The number of amides is 1. The zero-order chi connectivity index (χ0) is 15.5. The van der Waals surface area contributed by atoms with Crippen LogP contribution in [0, 0.1) is 5.92 Å². The van der Waals surface area contributed by atoms with Gasteiger partial charge in [0.1, 0.15) is 5.75 Å². The summed E-state index contributed by atoms with van der Waals surface area (Å²) in [5.74, 6) is 0.421. The molecular formula is C15H20F2N2O2. The fourth-order valence-corrected chi connectivity index (χ4v) is 2.38. The van der Waals surface area contributed by atoms with Crippen LogP contribution in [-0.4, -0.2) is 24.6 Å². The van der Waals surface area contributed by atoms with Crippen molar-refractivity contribution in [3.63, 3.8) is 0 Å². The van der Waals surface area contributed by atoms with Gasteiger partial charge in [-0.1, -0.05) is 12.1 Å². The molecular weight excluding hydrogens is 278 g/mol. The van der Waals surface area contributed by atoms with Crippen molar-refractivity contribution in [2.24, 2.45) is 11.7 Å². The van der Waals surface area contributed by atoms with Gasteiger partial charge in [0.2, 0.25) is 5.91 Å². The molecule has 6 heteroatoms. The molecule has 0 spiro atoms. The summed E-state index contributed by atoms with van der Waals surface area (Å²) < 4.78 is 28.3. The lowest BCUT2D eigenvalue weighted by Gasteiger charge is -2.29. The Kier molecular flexibility index (Phi) is 4.77. The van der Waals surface area contributed by atoms with E-state index < -0.39 is 6.61 Å². The molecule has 1 aromatic carbocycles. The van der Waals surface area contributed by atoms with Crippen molar-refractivity contribution >= 4 is 5.91 Å². The smallest absolute Gasteiger partial charge is 0.387 e. The Morgan fingerprint density at radius 3 is 2.52 bits per heavy atom. The normalized spacial score (nSPS) is 17.4. The minimum atomic E-state index is -2.84. The predicted octanol–water partition coefficient (Wildman–Crippen LogP) is 2.07. The van der Waals surface area contributed by atoms with Crippen LogP contribution in [0.25, 0.3) is 0 Å². The van der Waals surface area contributed by atoms with Crippen LogP contribution in [-0.2, 0) is 11.2 Å². The number of alkyl halides is 2. The Morgan fingerprint density at radius 1 is 1.43 bits per heavy atom. The summed E-state index contributed by atoms with van der Waals surface area (Å²) in [7, 11) is 0. The first kappa shape index (κ1) is 15.7. The lowest BCUT2D eigenvalue weighted by Crippen LogP contribution is -2.53. The van der Waals surface area contributed by atoms with Gasteiger partial charge in [-0.05, 0) is 43.4 Å². The first-order valence-corrected chi connectivity index (χ1v) is 6.98. The number of carbonyl (C=O) groups excluding carboxylic acids is 1. The molecule has 0 radical (unpaired) electrons. The molecule has 3 N–H and O–H groups in total. The highest BCUT2D eigenvalue weighted by Gasteiger charge is 2.41. The predicted molar refractivity (Wildman–Crippen MR) is 75.1 cm³/mol. The third-order valence-corrected chi connectivity index (χ3v) is 3.84. The zero-order valence-corrected chi connectivity index (χ0v) is 11.9. The van der Waals surface area contributed by atoms with E-state index in [1.54, 1.807) is 12.1 Å². The van der Waals surface area contributed by atoms with Crippen LogP contribution in [0.15, 0.2) is 24.3 Å². The van der Waals surface area contributed by atoms with Gasteiger partial charge in [0.25, 0.3) is 0 Å². The molecule has 2 rings (SSSR count). The van der Waals surface area contributed by atoms with E-state index >= 15 is 0 Å². The van der Waals surface area contributed by atoms with Gasteiger partial charge in [-0.15, -0.1) is 0 Å². The second-order valence-corrected chi connectivity index (χ2v) is 5.64. The summed E-state index contributed by atoms with van der Waals surface area (Å²) >= 11 is 0. The molecule has 1 amide bonds. The zero-order valence-electron chi connectivity index (χ0n) is 11.9. The Hall–Kier alpha value is -1.69. The van der Waals surface area contributed by atoms with Crippen LogP contribution in [0.3, 0.4) is 0 Å². The van der Waals surface area contributed by atoms with Crippen molar-refractivity contribution < 1.29 is 18.3 Å². The molecule has 1 unspecified atom stereocenters. The summed E-state index contributed by atoms with van der Waals surface area (Å²) in [6.45, 7) is -0.477. The Bertz CT molecular complexity index is 489. The molecule has 0 saturated heterocycles. The van der Waals surface area contributed by atoms with Gasteiger partial charge in [0.15, 0.2) is 0 Å². The van der Waals surface area contributed by atoms with Crippen molar-refractivity contribution in [1.82, 2.24) is 5.32 Å². The fourth-order valence-electron chi connectivity index (χ4n) is 2.38. The first-order chi connectivity index (χ1) is 9.93. The third-order valence-electron chi connectivity index (χ3n) is 3.84. The van der Waals surface area contributed by atoms with Crippen LogP contribution in [0.1, 0.15) is 25.3 Å². The Labute approximate surface area is 122 Å². The maximum Gasteiger partial charge on any atom is 0.387 e. The summed E-state index contributed by atoms with van der Waals surface area (Å²) in [6, 6.07) is 6.07. The average molecular weight is 298 g/mol. The quantitative estimate of drug-likeness (QED) is 0.810. The van der Waals surface area contributed by atoms with E-state index in [4.69, 9.17) is 5.73 Å². The van der Waals surface area contributed by atoms with Gasteiger partial charge in [-0.3, -0.25) is 4.79 Å². The lowest BCUT2D eigenvalue weighted by molar-refractivity contribution is -0.122. The number of ether oxygens (including phenoxy) is 1. The van der Waals surface area contributed by atoms with Gasteiger partial charge in [-0.25, -0.2) is 0 Å². The highest BCUT2D eigenvalue weighted by molar-refractivity contribution is 5.79. The molecule has 21 heavy (non-hydrogen) atoms. The Morgan fingerprint density at radius 2 is 2.05 bits per heavy atom. The largest absolute Gasteiger partial charge is 0.435 e. The van der Waals surface area contributed by atoms with E-state index in [0.717, 1.165) is 18.4 Å². The number of halogens is 2. The average Bonchev–Trinajstić information content (AvgIpc) is 3.25. The van der Waals surface area contributed by atoms with E-state index in [-0.39, 0.29) is 23.6 Å². The van der Waals surface area contributed by atoms with Crippen molar-refractivity contribution in [3.8, 4) is 5.75 Å². The highest BCUT2D eigenvalue weighted by atomic mass is 19.3. The molecule has 0 aromatic heterocycles. The van der Waals surface area contributed by atoms with Gasteiger partial charge < -0.3 is 15.8 Å². The second kappa shape index (κ2) is 6.39. The van der Waals surface area contributed by atoms with Gasteiger partial charge in [-0.2, -0.15) is 8.78 Å². The third kappa shape index (κ3) is 4.39. The second-order valence-electron chi connectivity index (χ2n) is 5.64. The van der Waals surface area contributed by atoms with E-state index in [0.29, 0.717) is 12.5 Å². The summed E-state index contributed by atoms with van der Waals surface area (Å²) in [5, 5.41) is 2.99. The van der Waals surface area contributed by atoms with E-state index in [1.165, 1.54) is 12.1 Å². The molecule has 1 atom stereocenters. The number of nitrogens with two attached hydrogens (primary N) is 1. The maximum atomic E-state index is 12.1. The molecule has 1 aromatic rings. The topological polar surface area (TPSA) is 64.3 Å². The number of hydrogen-bond donors (Lipinski definition) is 2. The molecule has 1 fully saturated rings. The molecule has 1 saturated carbocycles. The van der Waals surface area contributed by atoms with Crippen LogP contribution in [0.5, 0.6) is 5.75 Å². The van der Waals surface area contributed by atoms with E-state index in [9.17, 15) is 13.6 Å². The monoisotopic (exact) mass is 298 g/mol. The highest BCUT2D eigenvalue weighted by Crippen LogP contribution is 2.38. The fraction of sp³-hybridized carbons (Fsp3) is 0.533. The SMILES string of the molecule is CC(CN)(NC(=O)Cc1ccc(OC(F)F)cc1)C1CC1. The summed E-state index contributed by atoms with van der Waals surface area (Å²) in [4.78, 5) is 12.1. The molecule has 0 heterocycles. The molecule has 0 bridgehead atoms. The van der Waals surface area contributed by atoms with Crippen molar-refractivity contribution in [1.29, 1.82) is 0 Å². The number of benzene rings is 1. The summed E-state index contributed by atoms with van der Waals surface area (Å²) in [6.07, 6.45) is 2.37. The minimum Gasteiger partial charge on any atom is -0.435 e. The maximum absolute atomic E-state index is 12.1. The van der Waals surface area contributed by atoms with E-state index in [2.05, 4.69) is 10.1 Å². The van der Waals surface area contributed by atoms with Crippen LogP contribution in [0.2, 0.25) is 0 Å². The minimum absolute atomic E-state index is 0.0823. The number of nitrogens with one attached hydrogen (secondary N) is 1. The van der Waals surface area contributed by atoms with E-state index in [1.807, 2.05) is 6.92 Å². The number of carbonyl (C=O) groups is 1. The van der Waals surface area contributed by atoms with Crippen molar-refractivity contribution in [3.05, 3.63) is 29.8 Å². The molecule has 0 aliphatic heterocycles. The number of rotatable bonds is 7. The molecule has 116 valence electrons. The molecule has 4 nitrogen and oxygen atoms in total. The van der Waals surface area contributed by atoms with Gasteiger partial charge in [0, 0.05) is 6.54 Å². The standard InChI is InChI=1S/C15H20F2N2O2/c1-15(9-18,11-4-5-11)19-13(20)8-10-2-6-12(7-3-10)21-14(16)17/h2-3,6-7,11,14H,4-5,8-9,18H2,1H3,(H,19,20). The molecule has 1 aliphatic carbocycles. The van der Waals surface area contributed by atoms with Crippen LogP contribution in [0.4, 0.5) is 8.78 Å². The van der Waals surface area contributed by atoms with Gasteiger partial charge >= 0.3 is 6.61 Å². The van der Waals surface area contributed by atoms with Crippen LogP contribution < -0.4 is 15.8 Å². The van der Waals surface area contributed by atoms with Gasteiger partial charge in [0.05, 0.1) is 12.0 Å². The Balaban J connectivity index is 1.90. The summed E-state index contributed by atoms with van der Waals surface area (Å²) in [5.41, 5.74) is 6.14. The van der Waals surface area contributed by atoms with Crippen molar-refractivity contribution in [2.75, 3.05) is 6.54 Å². The van der Waals surface area contributed by atoms with Crippen molar-refractivity contribution in [2.45, 2.75) is 38.3 Å².